The van der Waals surface area contributed by atoms with Crippen LogP contribution in [0, 0.1) is 5.41 Å². The van der Waals surface area contributed by atoms with E-state index in [9.17, 15) is 0 Å². The van der Waals surface area contributed by atoms with E-state index in [0.29, 0.717) is 12.1 Å². The van der Waals surface area contributed by atoms with Gasteiger partial charge < -0.3 is 19.5 Å². The van der Waals surface area contributed by atoms with E-state index in [4.69, 9.17) is 14.2 Å². The molecule has 0 spiro atoms. The number of anilines is 1. The fourth-order valence-electron chi connectivity index (χ4n) is 2.72. The lowest BCUT2D eigenvalue weighted by atomic mass is 9.64. The summed E-state index contributed by atoms with van der Waals surface area (Å²) in [6.45, 7) is 7.30. The SMILES string of the molecule is CCOC1CC(Nc2ccc(OC)cc2OC)C1(C)C. The molecular formula is C16H25NO3. The largest absolute Gasteiger partial charge is 0.497 e. The predicted molar refractivity (Wildman–Crippen MR) is 80.8 cm³/mol. The van der Waals surface area contributed by atoms with E-state index in [1.807, 2.05) is 25.1 Å². The van der Waals surface area contributed by atoms with Crippen LogP contribution < -0.4 is 14.8 Å². The lowest BCUT2D eigenvalue weighted by Crippen LogP contribution is -2.58. The van der Waals surface area contributed by atoms with E-state index < -0.39 is 0 Å². The van der Waals surface area contributed by atoms with Crippen molar-refractivity contribution in [2.45, 2.75) is 39.3 Å². The van der Waals surface area contributed by atoms with Gasteiger partial charge in [0.05, 0.1) is 26.0 Å². The molecule has 0 amide bonds. The Balaban J connectivity index is 2.08. The molecular weight excluding hydrogens is 254 g/mol. The van der Waals surface area contributed by atoms with Crippen LogP contribution in [0.2, 0.25) is 0 Å². The van der Waals surface area contributed by atoms with Crippen LogP contribution in [0.4, 0.5) is 5.69 Å². The molecule has 4 heteroatoms. The van der Waals surface area contributed by atoms with Crippen LogP contribution in [-0.4, -0.2) is 33.0 Å². The van der Waals surface area contributed by atoms with Crippen LogP contribution >= 0.6 is 0 Å². The summed E-state index contributed by atoms with van der Waals surface area (Å²) >= 11 is 0. The first-order valence-corrected chi connectivity index (χ1v) is 7.13. The maximum atomic E-state index is 5.76. The van der Waals surface area contributed by atoms with Crippen LogP contribution in [0.5, 0.6) is 11.5 Å². The van der Waals surface area contributed by atoms with Gasteiger partial charge in [0.25, 0.3) is 0 Å². The van der Waals surface area contributed by atoms with Gasteiger partial charge in [-0.1, -0.05) is 13.8 Å². The molecule has 0 radical (unpaired) electrons. The highest BCUT2D eigenvalue weighted by Crippen LogP contribution is 2.45. The molecule has 0 saturated heterocycles. The Morgan fingerprint density at radius 1 is 1.25 bits per heavy atom. The maximum absolute atomic E-state index is 5.76. The van der Waals surface area contributed by atoms with Gasteiger partial charge in [0.2, 0.25) is 0 Å². The van der Waals surface area contributed by atoms with Crippen molar-refractivity contribution >= 4 is 5.69 Å². The Hall–Kier alpha value is -1.42. The van der Waals surface area contributed by atoms with E-state index in [0.717, 1.165) is 30.2 Å². The summed E-state index contributed by atoms with van der Waals surface area (Å²) in [6.07, 6.45) is 1.35. The number of nitrogens with one attached hydrogen (secondary N) is 1. The molecule has 112 valence electrons. The van der Waals surface area contributed by atoms with E-state index in [-0.39, 0.29) is 5.41 Å². The van der Waals surface area contributed by atoms with E-state index in [1.165, 1.54) is 0 Å². The smallest absolute Gasteiger partial charge is 0.145 e. The summed E-state index contributed by atoms with van der Waals surface area (Å²) in [5, 5.41) is 3.57. The number of hydrogen-bond acceptors (Lipinski definition) is 4. The molecule has 2 rings (SSSR count). The van der Waals surface area contributed by atoms with Crippen LogP contribution in [0.1, 0.15) is 27.2 Å². The van der Waals surface area contributed by atoms with E-state index in [1.54, 1.807) is 14.2 Å². The first-order valence-electron chi connectivity index (χ1n) is 7.13. The molecule has 1 aliphatic rings. The van der Waals surface area contributed by atoms with Crippen molar-refractivity contribution < 1.29 is 14.2 Å². The van der Waals surface area contributed by atoms with E-state index >= 15 is 0 Å². The molecule has 2 atom stereocenters. The summed E-state index contributed by atoms with van der Waals surface area (Å²) in [7, 11) is 3.33. The molecule has 4 nitrogen and oxygen atoms in total. The van der Waals surface area contributed by atoms with Crippen LogP contribution in [0.15, 0.2) is 18.2 Å². The van der Waals surface area contributed by atoms with Crippen molar-refractivity contribution in [3.63, 3.8) is 0 Å². The van der Waals surface area contributed by atoms with Crippen molar-refractivity contribution in [1.82, 2.24) is 0 Å². The summed E-state index contributed by atoms with van der Waals surface area (Å²) < 4.78 is 16.4. The second kappa shape index (κ2) is 5.92. The first-order chi connectivity index (χ1) is 9.52. The highest BCUT2D eigenvalue weighted by atomic mass is 16.5. The third kappa shape index (κ3) is 2.70. The fourth-order valence-corrected chi connectivity index (χ4v) is 2.72. The number of hydrogen-bond donors (Lipinski definition) is 1. The molecule has 0 aromatic heterocycles. The number of rotatable bonds is 6. The van der Waals surface area contributed by atoms with Crippen LogP contribution in [-0.2, 0) is 4.74 Å². The normalized spacial score (nSPS) is 23.9. The van der Waals surface area contributed by atoms with E-state index in [2.05, 4.69) is 19.2 Å². The molecule has 0 heterocycles. The monoisotopic (exact) mass is 279 g/mol. The average molecular weight is 279 g/mol. The topological polar surface area (TPSA) is 39.7 Å². The summed E-state index contributed by atoms with van der Waals surface area (Å²) in [5.74, 6) is 1.60. The molecule has 1 aromatic carbocycles. The minimum absolute atomic E-state index is 0.126. The highest BCUT2D eigenvalue weighted by molar-refractivity contribution is 5.60. The Bertz CT molecular complexity index is 459. The molecule has 2 unspecified atom stereocenters. The molecule has 1 aliphatic carbocycles. The van der Waals surface area contributed by atoms with Gasteiger partial charge in [-0.25, -0.2) is 0 Å². The number of ether oxygens (including phenoxy) is 3. The zero-order valence-corrected chi connectivity index (χ0v) is 13.0. The Morgan fingerprint density at radius 2 is 2.00 bits per heavy atom. The zero-order chi connectivity index (χ0) is 14.8. The Kier molecular flexibility index (Phi) is 4.43. The summed E-state index contributed by atoms with van der Waals surface area (Å²) in [6, 6.07) is 6.23. The third-order valence-electron chi connectivity index (χ3n) is 4.28. The zero-order valence-electron chi connectivity index (χ0n) is 13.0. The first kappa shape index (κ1) is 15.0. The second-order valence-corrected chi connectivity index (χ2v) is 5.76. The molecule has 20 heavy (non-hydrogen) atoms. The lowest BCUT2D eigenvalue weighted by molar-refractivity contribution is -0.0976. The van der Waals surface area contributed by atoms with Crippen molar-refractivity contribution in [3.05, 3.63) is 18.2 Å². The maximum Gasteiger partial charge on any atom is 0.145 e. The second-order valence-electron chi connectivity index (χ2n) is 5.76. The van der Waals surface area contributed by atoms with Crippen molar-refractivity contribution in [1.29, 1.82) is 0 Å². The van der Waals surface area contributed by atoms with Gasteiger partial charge in [0.1, 0.15) is 11.5 Å². The molecule has 1 saturated carbocycles. The summed E-state index contributed by atoms with van der Waals surface area (Å²) in [5.41, 5.74) is 1.13. The predicted octanol–water partition coefficient (Wildman–Crippen LogP) is 3.32. The summed E-state index contributed by atoms with van der Waals surface area (Å²) in [4.78, 5) is 0. The van der Waals surface area contributed by atoms with Gasteiger partial charge in [-0.2, -0.15) is 0 Å². The quantitative estimate of drug-likeness (QED) is 0.867. The minimum atomic E-state index is 0.126. The number of methoxy groups -OCH3 is 2. The third-order valence-corrected chi connectivity index (χ3v) is 4.28. The van der Waals surface area contributed by atoms with Crippen LogP contribution in [0.3, 0.4) is 0 Å². The van der Waals surface area contributed by atoms with Crippen molar-refractivity contribution in [2.75, 3.05) is 26.1 Å². The average Bonchev–Trinajstić information content (AvgIpc) is 2.46. The van der Waals surface area contributed by atoms with Gasteiger partial charge in [-0.05, 0) is 25.5 Å². The molecule has 0 aliphatic heterocycles. The molecule has 1 fully saturated rings. The van der Waals surface area contributed by atoms with Crippen LogP contribution in [0.25, 0.3) is 0 Å². The van der Waals surface area contributed by atoms with Crippen molar-refractivity contribution in [2.24, 2.45) is 5.41 Å². The Morgan fingerprint density at radius 3 is 2.55 bits per heavy atom. The van der Waals surface area contributed by atoms with Crippen molar-refractivity contribution in [3.8, 4) is 11.5 Å². The molecule has 1 N–H and O–H groups in total. The number of benzene rings is 1. The van der Waals surface area contributed by atoms with Gasteiger partial charge in [-0.15, -0.1) is 0 Å². The standard InChI is InChI=1S/C16H25NO3/c1-6-20-15-10-14(16(15,2)3)17-12-8-7-11(18-4)9-13(12)19-5/h7-9,14-15,17H,6,10H2,1-5H3. The fraction of sp³-hybridized carbons (Fsp3) is 0.625. The Labute approximate surface area is 121 Å². The molecule has 0 bridgehead atoms. The highest BCUT2D eigenvalue weighted by Gasteiger charge is 2.49. The van der Waals surface area contributed by atoms with Gasteiger partial charge in [0, 0.05) is 24.1 Å². The minimum Gasteiger partial charge on any atom is -0.497 e. The van der Waals surface area contributed by atoms with Gasteiger partial charge in [0.15, 0.2) is 0 Å². The molecule has 1 aromatic rings. The lowest BCUT2D eigenvalue weighted by Gasteiger charge is -2.52. The van der Waals surface area contributed by atoms with Gasteiger partial charge >= 0.3 is 0 Å². The van der Waals surface area contributed by atoms with Gasteiger partial charge in [-0.3, -0.25) is 0 Å².